The van der Waals surface area contributed by atoms with Crippen molar-refractivity contribution in [2.24, 2.45) is 5.41 Å². The van der Waals surface area contributed by atoms with Crippen LogP contribution in [0.25, 0.3) is 0 Å². The molecule has 1 N–H and O–H groups in total. The van der Waals surface area contributed by atoms with E-state index in [0.717, 1.165) is 0 Å². The first-order valence-corrected chi connectivity index (χ1v) is 5.05. The van der Waals surface area contributed by atoms with E-state index in [-0.39, 0.29) is 5.91 Å². The van der Waals surface area contributed by atoms with Gasteiger partial charge in [0.25, 0.3) is 0 Å². The van der Waals surface area contributed by atoms with E-state index in [2.05, 4.69) is 17.3 Å². The highest BCUT2D eigenvalue weighted by Gasteiger charge is 2.46. The zero-order valence-electron chi connectivity index (χ0n) is 8.47. The van der Waals surface area contributed by atoms with Crippen LogP contribution in [0, 0.1) is 5.41 Å². The molecule has 1 atom stereocenters. The lowest BCUT2D eigenvalue weighted by molar-refractivity contribution is -0.119. The van der Waals surface area contributed by atoms with Gasteiger partial charge in [0.1, 0.15) is 0 Å². The number of carbonyl (C=O) groups is 1. The van der Waals surface area contributed by atoms with E-state index in [1.165, 1.54) is 32.4 Å². The van der Waals surface area contributed by atoms with Gasteiger partial charge in [-0.05, 0) is 31.7 Å². The number of rotatable bonds is 1. The Bertz CT molecular complexity index is 221. The van der Waals surface area contributed by atoms with E-state index in [1.54, 1.807) is 6.92 Å². The number of nitrogens with zero attached hydrogens (tertiary/aromatic N) is 1. The zero-order valence-corrected chi connectivity index (χ0v) is 8.47. The largest absolute Gasteiger partial charge is 0.354 e. The van der Waals surface area contributed by atoms with Crippen molar-refractivity contribution in [3.8, 4) is 0 Å². The molecule has 0 aromatic carbocycles. The number of carbonyl (C=O) groups excluding carboxylic acids is 1. The van der Waals surface area contributed by atoms with Crippen LogP contribution in [0.5, 0.6) is 0 Å². The fourth-order valence-electron chi connectivity index (χ4n) is 3.00. The maximum Gasteiger partial charge on any atom is 0.217 e. The lowest BCUT2D eigenvalue weighted by Crippen LogP contribution is -2.53. The molecule has 0 bridgehead atoms. The molecule has 74 valence electrons. The van der Waals surface area contributed by atoms with Gasteiger partial charge in [0, 0.05) is 26.1 Å². The van der Waals surface area contributed by atoms with Crippen LogP contribution in [0.2, 0.25) is 0 Å². The molecular weight excluding hydrogens is 164 g/mol. The monoisotopic (exact) mass is 182 g/mol. The Morgan fingerprint density at radius 1 is 1.54 bits per heavy atom. The van der Waals surface area contributed by atoms with E-state index in [4.69, 9.17) is 0 Å². The van der Waals surface area contributed by atoms with E-state index in [1.807, 2.05) is 0 Å². The van der Waals surface area contributed by atoms with Crippen molar-refractivity contribution >= 4 is 5.91 Å². The summed E-state index contributed by atoms with van der Waals surface area (Å²) in [4.78, 5) is 13.2. The lowest BCUT2D eigenvalue weighted by Gasteiger charge is -2.46. The van der Waals surface area contributed by atoms with Gasteiger partial charge in [-0.2, -0.15) is 0 Å². The first kappa shape index (κ1) is 9.00. The highest BCUT2D eigenvalue weighted by atomic mass is 16.1. The molecule has 1 amide bonds. The highest BCUT2D eigenvalue weighted by molar-refractivity contribution is 5.73. The summed E-state index contributed by atoms with van der Waals surface area (Å²) in [6.07, 6.45) is 3.66. The summed E-state index contributed by atoms with van der Waals surface area (Å²) < 4.78 is 0. The van der Waals surface area contributed by atoms with Gasteiger partial charge in [0.15, 0.2) is 0 Å². The summed E-state index contributed by atoms with van der Waals surface area (Å²) in [5.41, 5.74) is 0.557. The summed E-state index contributed by atoms with van der Waals surface area (Å²) in [6.45, 7) is 4.06. The minimum Gasteiger partial charge on any atom is -0.354 e. The van der Waals surface area contributed by atoms with Crippen LogP contribution in [0.1, 0.15) is 26.2 Å². The second-order valence-electron chi connectivity index (χ2n) is 4.81. The van der Waals surface area contributed by atoms with Gasteiger partial charge >= 0.3 is 0 Å². The second-order valence-corrected chi connectivity index (χ2v) is 4.81. The molecule has 1 saturated heterocycles. The Labute approximate surface area is 79.5 Å². The molecule has 2 aliphatic rings. The number of likely N-dealkylation sites (tertiary alicyclic amines) is 1. The van der Waals surface area contributed by atoms with Crippen molar-refractivity contribution in [3.05, 3.63) is 0 Å². The molecule has 13 heavy (non-hydrogen) atoms. The molecule has 1 unspecified atom stereocenters. The van der Waals surface area contributed by atoms with Crippen LogP contribution in [-0.2, 0) is 4.79 Å². The summed E-state index contributed by atoms with van der Waals surface area (Å²) in [5, 5.41) is 3.02. The Balaban J connectivity index is 1.84. The molecule has 1 aliphatic carbocycles. The van der Waals surface area contributed by atoms with Crippen molar-refractivity contribution in [2.45, 2.75) is 32.2 Å². The Hall–Kier alpha value is -0.570. The summed E-state index contributed by atoms with van der Waals surface area (Å²) in [7, 11) is 2.16. The molecule has 1 spiro atoms. The van der Waals surface area contributed by atoms with Gasteiger partial charge in [-0.15, -0.1) is 0 Å². The van der Waals surface area contributed by atoms with E-state index in [9.17, 15) is 4.79 Å². The van der Waals surface area contributed by atoms with Crippen LogP contribution in [0.3, 0.4) is 0 Å². The molecule has 0 radical (unpaired) electrons. The minimum absolute atomic E-state index is 0.120. The molecule has 0 aromatic heterocycles. The third-order valence-corrected chi connectivity index (χ3v) is 3.32. The van der Waals surface area contributed by atoms with Crippen molar-refractivity contribution in [1.29, 1.82) is 0 Å². The Morgan fingerprint density at radius 3 is 2.77 bits per heavy atom. The SMILES string of the molecule is CC(=O)NC1CCC2(C1)CN(C)C2. The molecule has 3 heteroatoms. The molecule has 2 fully saturated rings. The smallest absolute Gasteiger partial charge is 0.217 e. The average molecular weight is 182 g/mol. The molecule has 3 nitrogen and oxygen atoms in total. The second kappa shape index (κ2) is 2.98. The van der Waals surface area contributed by atoms with Crippen LogP contribution < -0.4 is 5.32 Å². The first-order chi connectivity index (χ1) is 6.10. The maximum atomic E-state index is 10.9. The number of amides is 1. The van der Waals surface area contributed by atoms with Gasteiger partial charge in [-0.25, -0.2) is 0 Å². The van der Waals surface area contributed by atoms with Gasteiger partial charge in [-0.3, -0.25) is 4.79 Å². The molecule has 1 saturated carbocycles. The van der Waals surface area contributed by atoms with Crippen molar-refractivity contribution in [3.63, 3.8) is 0 Å². The van der Waals surface area contributed by atoms with Crippen LogP contribution in [0.4, 0.5) is 0 Å². The lowest BCUT2D eigenvalue weighted by atomic mass is 9.78. The summed E-state index contributed by atoms with van der Waals surface area (Å²) in [5.74, 6) is 0.120. The maximum absolute atomic E-state index is 10.9. The predicted octanol–water partition coefficient (Wildman–Crippen LogP) is 0.607. The zero-order chi connectivity index (χ0) is 9.47. The standard InChI is InChI=1S/C10H18N2O/c1-8(13)11-9-3-4-10(5-9)6-12(2)7-10/h9H,3-7H2,1-2H3,(H,11,13). The predicted molar refractivity (Wildman–Crippen MR) is 51.4 cm³/mol. The van der Waals surface area contributed by atoms with E-state index < -0.39 is 0 Å². The fraction of sp³-hybridized carbons (Fsp3) is 0.900. The van der Waals surface area contributed by atoms with Crippen LogP contribution >= 0.6 is 0 Å². The molecule has 0 aromatic rings. The Morgan fingerprint density at radius 2 is 2.23 bits per heavy atom. The third kappa shape index (κ3) is 1.70. The van der Waals surface area contributed by atoms with E-state index >= 15 is 0 Å². The van der Waals surface area contributed by atoms with Gasteiger partial charge in [0.05, 0.1) is 0 Å². The topological polar surface area (TPSA) is 32.3 Å². The van der Waals surface area contributed by atoms with Crippen molar-refractivity contribution in [1.82, 2.24) is 10.2 Å². The van der Waals surface area contributed by atoms with Crippen LogP contribution in [0.15, 0.2) is 0 Å². The van der Waals surface area contributed by atoms with Crippen LogP contribution in [-0.4, -0.2) is 37.0 Å². The number of hydrogen-bond donors (Lipinski definition) is 1. The quantitative estimate of drug-likeness (QED) is 0.644. The van der Waals surface area contributed by atoms with Crippen molar-refractivity contribution in [2.75, 3.05) is 20.1 Å². The fourth-order valence-corrected chi connectivity index (χ4v) is 3.00. The van der Waals surface area contributed by atoms with E-state index in [0.29, 0.717) is 11.5 Å². The first-order valence-electron chi connectivity index (χ1n) is 5.05. The summed E-state index contributed by atoms with van der Waals surface area (Å²) >= 11 is 0. The number of hydrogen-bond acceptors (Lipinski definition) is 2. The average Bonchev–Trinajstić information content (AvgIpc) is 2.30. The van der Waals surface area contributed by atoms with Crippen molar-refractivity contribution < 1.29 is 4.79 Å². The molecule has 1 aliphatic heterocycles. The van der Waals surface area contributed by atoms with Gasteiger partial charge < -0.3 is 10.2 Å². The minimum atomic E-state index is 0.120. The third-order valence-electron chi connectivity index (χ3n) is 3.32. The highest BCUT2D eigenvalue weighted by Crippen LogP contribution is 2.44. The Kier molecular flexibility index (Phi) is 2.06. The molecular formula is C10H18N2O. The summed E-state index contributed by atoms with van der Waals surface area (Å²) in [6, 6.07) is 0.450. The normalized spacial score (nSPS) is 31.7. The number of nitrogens with one attached hydrogen (secondary N) is 1. The van der Waals surface area contributed by atoms with Gasteiger partial charge in [-0.1, -0.05) is 0 Å². The molecule has 1 heterocycles. The van der Waals surface area contributed by atoms with Gasteiger partial charge in [0.2, 0.25) is 5.91 Å². The molecule has 2 rings (SSSR count).